The number of benzene rings is 1. The average molecular weight is 411 g/mol. The Bertz CT molecular complexity index is 904. The van der Waals surface area contributed by atoms with Crippen LogP contribution in [0.3, 0.4) is 0 Å². The van der Waals surface area contributed by atoms with Gasteiger partial charge in [0.2, 0.25) is 11.8 Å². The second-order valence-electron chi connectivity index (χ2n) is 8.25. The summed E-state index contributed by atoms with van der Waals surface area (Å²) in [7, 11) is 0. The van der Waals surface area contributed by atoms with Crippen LogP contribution < -0.4 is 0 Å². The van der Waals surface area contributed by atoms with Gasteiger partial charge in [-0.15, -0.1) is 11.3 Å². The standard InChI is InChI=1S/C22H26N4O2S/c1-15(20-23-18-8-4-5-9-19(18)29-20)25-12-10-24(11-13-25)14-26-21(27)16-6-2-3-7-17(16)22(26)28/h2-5,8-9,15-17H,6-7,10-14H2,1H3/t15-,16+,17+/m1/s1. The van der Waals surface area contributed by atoms with E-state index in [4.69, 9.17) is 4.98 Å². The molecule has 2 saturated heterocycles. The number of allylic oxidation sites excluding steroid dienone is 2. The van der Waals surface area contributed by atoms with Gasteiger partial charge in [-0.3, -0.25) is 24.3 Å². The van der Waals surface area contributed by atoms with E-state index in [9.17, 15) is 9.59 Å². The molecule has 2 amide bonds. The predicted molar refractivity (Wildman–Crippen MR) is 113 cm³/mol. The monoisotopic (exact) mass is 410 g/mol. The predicted octanol–water partition coefficient (Wildman–Crippen LogP) is 2.88. The zero-order chi connectivity index (χ0) is 20.0. The second kappa shape index (κ2) is 7.63. The minimum Gasteiger partial charge on any atom is -0.292 e. The minimum atomic E-state index is -0.132. The Balaban J connectivity index is 1.19. The summed E-state index contributed by atoms with van der Waals surface area (Å²) in [6.07, 6.45) is 5.49. The van der Waals surface area contributed by atoms with Gasteiger partial charge in [0, 0.05) is 26.2 Å². The molecule has 7 heteroatoms. The molecular weight excluding hydrogens is 384 g/mol. The number of likely N-dealkylation sites (tertiary alicyclic amines) is 1. The van der Waals surface area contributed by atoms with Gasteiger partial charge in [0.05, 0.1) is 34.8 Å². The van der Waals surface area contributed by atoms with Crippen molar-refractivity contribution in [3.8, 4) is 0 Å². The van der Waals surface area contributed by atoms with Crippen LogP contribution in [0.4, 0.5) is 0 Å². The molecule has 0 spiro atoms. The Morgan fingerprint density at radius 1 is 1.03 bits per heavy atom. The number of nitrogens with zero attached hydrogens (tertiary/aromatic N) is 4. The number of carbonyl (C=O) groups excluding carboxylic acids is 2. The lowest BCUT2D eigenvalue weighted by atomic mass is 9.85. The summed E-state index contributed by atoms with van der Waals surface area (Å²) in [5, 5.41) is 1.15. The maximum atomic E-state index is 12.7. The van der Waals surface area contributed by atoms with Crippen LogP contribution in [0.25, 0.3) is 10.2 Å². The smallest absolute Gasteiger partial charge is 0.234 e. The van der Waals surface area contributed by atoms with Crippen molar-refractivity contribution in [2.24, 2.45) is 11.8 Å². The SMILES string of the molecule is C[C@H](c1nc2ccccc2s1)N1CCN(CN2C(=O)[C@H]3CC=CC[C@@H]3C2=O)CC1. The second-order valence-corrected chi connectivity index (χ2v) is 9.31. The zero-order valence-corrected chi connectivity index (χ0v) is 17.5. The van der Waals surface area contributed by atoms with Crippen molar-refractivity contribution in [3.05, 3.63) is 41.4 Å². The quantitative estimate of drug-likeness (QED) is 0.573. The average Bonchev–Trinajstić information content (AvgIpc) is 3.29. The van der Waals surface area contributed by atoms with Crippen LogP contribution in [0, 0.1) is 11.8 Å². The number of piperazine rings is 1. The van der Waals surface area contributed by atoms with Gasteiger partial charge in [0.15, 0.2) is 0 Å². The van der Waals surface area contributed by atoms with Crippen LogP contribution in [0.5, 0.6) is 0 Å². The highest BCUT2D eigenvalue weighted by molar-refractivity contribution is 7.18. The first-order valence-electron chi connectivity index (χ1n) is 10.4. The molecule has 3 aliphatic rings. The van der Waals surface area contributed by atoms with Gasteiger partial charge in [-0.1, -0.05) is 24.3 Å². The van der Waals surface area contributed by atoms with E-state index in [-0.39, 0.29) is 29.7 Å². The molecule has 152 valence electrons. The highest BCUT2D eigenvalue weighted by atomic mass is 32.1. The summed E-state index contributed by atoms with van der Waals surface area (Å²) in [6, 6.07) is 8.55. The van der Waals surface area contributed by atoms with Crippen LogP contribution >= 0.6 is 11.3 Å². The number of fused-ring (bicyclic) bond motifs is 2. The molecule has 2 aromatic rings. The molecule has 3 atom stereocenters. The van der Waals surface area contributed by atoms with E-state index in [0.717, 1.165) is 36.7 Å². The van der Waals surface area contributed by atoms with Crippen LogP contribution in [0.15, 0.2) is 36.4 Å². The van der Waals surface area contributed by atoms with E-state index in [2.05, 4.69) is 34.9 Å². The first kappa shape index (κ1) is 18.9. The highest BCUT2D eigenvalue weighted by Crippen LogP contribution is 2.35. The molecular formula is C22H26N4O2S. The lowest BCUT2D eigenvalue weighted by Crippen LogP contribution is -2.51. The van der Waals surface area contributed by atoms with Gasteiger partial charge in [0.25, 0.3) is 0 Å². The Morgan fingerprint density at radius 3 is 2.34 bits per heavy atom. The van der Waals surface area contributed by atoms with Gasteiger partial charge in [-0.25, -0.2) is 4.98 Å². The number of aromatic nitrogens is 1. The molecule has 1 aromatic carbocycles. The van der Waals surface area contributed by atoms with Crippen molar-refractivity contribution in [2.45, 2.75) is 25.8 Å². The van der Waals surface area contributed by atoms with E-state index in [1.165, 1.54) is 9.60 Å². The number of rotatable bonds is 4. The Kier molecular flexibility index (Phi) is 4.97. The van der Waals surface area contributed by atoms with Crippen molar-refractivity contribution < 1.29 is 9.59 Å². The van der Waals surface area contributed by atoms with Gasteiger partial charge in [0.1, 0.15) is 5.01 Å². The molecule has 29 heavy (non-hydrogen) atoms. The fraction of sp³-hybridized carbons (Fsp3) is 0.500. The van der Waals surface area contributed by atoms with Gasteiger partial charge in [-0.05, 0) is 31.9 Å². The van der Waals surface area contributed by atoms with Crippen LogP contribution in [0.2, 0.25) is 0 Å². The van der Waals surface area contributed by atoms with E-state index in [0.29, 0.717) is 19.5 Å². The molecule has 2 fully saturated rings. The third-order valence-corrected chi connectivity index (χ3v) is 7.77. The number of imide groups is 1. The van der Waals surface area contributed by atoms with Crippen LogP contribution in [-0.4, -0.2) is 64.3 Å². The van der Waals surface area contributed by atoms with Crippen molar-refractivity contribution in [1.29, 1.82) is 0 Å². The molecule has 3 heterocycles. The first-order chi connectivity index (χ1) is 14.1. The third-order valence-electron chi connectivity index (χ3n) is 6.56. The Hall–Kier alpha value is -2.09. The fourth-order valence-electron chi connectivity index (χ4n) is 4.73. The van der Waals surface area contributed by atoms with Crippen molar-refractivity contribution >= 4 is 33.4 Å². The summed E-state index contributed by atoms with van der Waals surface area (Å²) in [5.74, 6) is -0.218. The number of amides is 2. The summed E-state index contributed by atoms with van der Waals surface area (Å²) in [5.41, 5.74) is 1.07. The third kappa shape index (κ3) is 3.41. The van der Waals surface area contributed by atoms with Crippen molar-refractivity contribution in [1.82, 2.24) is 19.7 Å². The highest BCUT2D eigenvalue weighted by Gasteiger charge is 2.47. The van der Waals surface area contributed by atoms with Crippen LogP contribution in [-0.2, 0) is 9.59 Å². The normalized spacial score (nSPS) is 27.0. The zero-order valence-electron chi connectivity index (χ0n) is 16.7. The lowest BCUT2D eigenvalue weighted by molar-refractivity contribution is -0.142. The topological polar surface area (TPSA) is 56.8 Å². The van der Waals surface area contributed by atoms with Crippen molar-refractivity contribution in [2.75, 3.05) is 32.8 Å². The Morgan fingerprint density at radius 2 is 1.69 bits per heavy atom. The summed E-state index contributed by atoms with van der Waals surface area (Å²) in [6.45, 7) is 6.22. The number of hydrogen-bond donors (Lipinski definition) is 0. The molecule has 0 N–H and O–H groups in total. The molecule has 2 aliphatic heterocycles. The van der Waals surface area contributed by atoms with E-state index in [1.807, 2.05) is 18.2 Å². The summed E-state index contributed by atoms with van der Waals surface area (Å²) in [4.78, 5) is 36.4. The van der Waals surface area contributed by atoms with Gasteiger partial charge in [-0.2, -0.15) is 0 Å². The fourth-order valence-corrected chi connectivity index (χ4v) is 5.78. The molecule has 0 saturated carbocycles. The maximum Gasteiger partial charge on any atom is 0.234 e. The largest absolute Gasteiger partial charge is 0.292 e. The molecule has 5 rings (SSSR count). The summed E-state index contributed by atoms with van der Waals surface area (Å²) >= 11 is 1.77. The molecule has 1 aromatic heterocycles. The number of para-hydroxylation sites is 1. The summed E-state index contributed by atoms with van der Waals surface area (Å²) < 4.78 is 1.23. The van der Waals surface area contributed by atoms with E-state index >= 15 is 0 Å². The minimum absolute atomic E-state index is 0.0228. The Labute approximate surface area is 174 Å². The lowest BCUT2D eigenvalue weighted by Gasteiger charge is -2.38. The van der Waals surface area contributed by atoms with Crippen molar-refractivity contribution in [3.63, 3.8) is 0 Å². The first-order valence-corrected chi connectivity index (χ1v) is 11.3. The van der Waals surface area contributed by atoms with Gasteiger partial charge >= 0.3 is 0 Å². The maximum absolute atomic E-state index is 12.7. The number of carbonyl (C=O) groups is 2. The van der Waals surface area contributed by atoms with E-state index < -0.39 is 0 Å². The van der Waals surface area contributed by atoms with Gasteiger partial charge < -0.3 is 0 Å². The number of thiazole rings is 1. The molecule has 6 nitrogen and oxygen atoms in total. The molecule has 0 radical (unpaired) electrons. The van der Waals surface area contributed by atoms with Crippen LogP contribution in [0.1, 0.15) is 30.8 Å². The van der Waals surface area contributed by atoms with E-state index in [1.54, 1.807) is 11.3 Å². The number of hydrogen-bond acceptors (Lipinski definition) is 6. The molecule has 1 aliphatic carbocycles. The molecule has 0 bridgehead atoms. The molecule has 0 unspecified atom stereocenters.